The highest BCUT2D eigenvalue weighted by Crippen LogP contribution is 2.30. The van der Waals surface area contributed by atoms with Gasteiger partial charge in [-0.3, -0.25) is 4.90 Å². The maximum absolute atomic E-state index is 6.46. The molecule has 0 spiro atoms. The van der Waals surface area contributed by atoms with Crippen molar-refractivity contribution in [2.45, 2.75) is 44.7 Å². The van der Waals surface area contributed by atoms with Crippen LogP contribution in [0.25, 0.3) is 0 Å². The molecule has 4 heteroatoms. The van der Waals surface area contributed by atoms with Crippen LogP contribution in [-0.2, 0) is 0 Å². The van der Waals surface area contributed by atoms with Crippen molar-refractivity contribution >= 4 is 17.3 Å². The topological polar surface area (TPSA) is 32.5 Å². The van der Waals surface area contributed by atoms with Gasteiger partial charge in [0, 0.05) is 38.3 Å². The van der Waals surface area contributed by atoms with Crippen molar-refractivity contribution in [3.63, 3.8) is 0 Å². The van der Waals surface area contributed by atoms with Gasteiger partial charge in [0.1, 0.15) is 0 Å². The summed E-state index contributed by atoms with van der Waals surface area (Å²) in [6, 6.07) is 7.13. The molecule has 1 atom stereocenters. The second-order valence-electron chi connectivity index (χ2n) is 6.46. The largest absolute Gasteiger partial charge is 0.368 e. The van der Waals surface area contributed by atoms with Crippen molar-refractivity contribution in [3.05, 3.63) is 28.8 Å². The number of halogens is 1. The molecule has 1 aromatic carbocycles. The number of piperazine rings is 1. The average molecular weight is 308 g/mol. The van der Waals surface area contributed by atoms with E-state index in [9.17, 15) is 0 Å². The molecule has 1 unspecified atom stereocenters. The van der Waals surface area contributed by atoms with Gasteiger partial charge in [0.25, 0.3) is 0 Å². The van der Waals surface area contributed by atoms with Gasteiger partial charge in [-0.05, 0) is 37.5 Å². The zero-order chi connectivity index (χ0) is 14.8. The normalized spacial score (nSPS) is 22.7. The molecular formula is C17H26ClN3. The van der Waals surface area contributed by atoms with Crippen LogP contribution in [0.1, 0.15) is 44.2 Å². The Hall–Kier alpha value is -0.770. The van der Waals surface area contributed by atoms with Crippen molar-refractivity contribution in [2.24, 2.45) is 5.73 Å². The Balaban J connectivity index is 1.63. The van der Waals surface area contributed by atoms with Crippen LogP contribution in [-0.4, -0.2) is 37.1 Å². The Labute approximate surface area is 133 Å². The molecule has 0 radical (unpaired) electrons. The fourth-order valence-corrected chi connectivity index (χ4v) is 3.97. The first-order chi connectivity index (χ1) is 10.1. The van der Waals surface area contributed by atoms with Crippen LogP contribution >= 0.6 is 11.6 Å². The lowest BCUT2D eigenvalue weighted by atomic mass is 10.1. The van der Waals surface area contributed by atoms with Crippen LogP contribution in [0.5, 0.6) is 0 Å². The number of benzene rings is 1. The number of hydrogen-bond acceptors (Lipinski definition) is 3. The lowest BCUT2D eigenvalue weighted by molar-refractivity contribution is 0.187. The lowest BCUT2D eigenvalue weighted by Crippen LogP contribution is -2.49. The van der Waals surface area contributed by atoms with Gasteiger partial charge in [-0.2, -0.15) is 0 Å². The first-order valence-electron chi connectivity index (χ1n) is 8.19. The SMILES string of the molecule is CC(N)c1ccc(N2CCN(C3CCCC3)CC2)c(Cl)c1. The van der Waals surface area contributed by atoms with E-state index in [1.807, 2.05) is 13.0 Å². The van der Waals surface area contributed by atoms with E-state index in [0.717, 1.165) is 48.5 Å². The zero-order valence-corrected chi connectivity index (χ0v) is 13.6. The monoisotopic (exact) mass is 307 g/mol. The van der Waals surface area contributed by atoms with E-state index in [1.165, 1.54) is 25.7 Å². The van der Waals surface area contributed by atoms with Crippen LogP contribution < -0.4 is 10.6 Å². The van der Waals surface area contributed by atoms with E-state index in [2.05, 4.69) is 21.9 Å². The van der Waals surface area contributed by atoms with E-state index in [1.54, 1.807) is 0 Å². The summed E-state index contributed by atoms with van der Waals surface area (Å²) in [6.45, 7) is 6.47. The summed E-state index contributed by atoms with van der Waals surface area (Å²) >= 11 is 6.46. The summed E-state index contributed by atoms with van der Waals surface area (Å²) in [4.78, 5) is 5.09. The van der Waals surface area contributed by atoms with Gasteiger partial charge in [-0.15, -0.1) is 0 Å². The first kappa shape index (κ1) is 15.1. The second kappa shape index (κ2) is 6.55. The molecule has 0 bridgehead atoms. The molecule has 3 nitrogen and oxygen atoms in total. The van der Waals surface area contributed by atoms with Crippen LogP contribution in [0.2, 0.25) is 5.02 Å². The van der Waals surface area contributed by atoms with Gasteiger partial charge < -0.3 is 10.6 Å². The quantitative estimate of drug-likeness (QED) is 0.928. The number of anilines is 1. The first-order valence-corrected chi connectivity index (χ1v) is 8.57. The molecule has 1 aliphatic carbocycles. The van der Waals surface area contributed by atoms with E-state index in [4.69, 9.17) is 17.3 Å². The highest BCUT2D eigenvalue weighted by molar-refractivity contribution is 6.33. The van der Waals surface area contributed by atoms with Crippen molar-refractivity contribution in [2.75, 3.05) is 31.1 Å². The molecule has 116 valence electrons. The zero-order valence-electron chi connectivity index (χ0n) is 12.9. The number of nitrogens with two attached hydrogens (primary N) is 1. The smallest absolute Gasteiger partial charge is 0.0642 e. The number of nitrogens with zero attached hydrogens (tertiary/aromatic N) is 2. The fourth-order valence-electron chi connectivity index (χ4n) is 3.66. The molecule has 1 saturated carbocycles. The number of rotatable bonds is 3. The van der Waals surface area contributed by atoms with Crippen molar-refractivity contribution < 1.29 is 0 Å². The van der Waals surface area contributed by atoms with Crippen LogP contribution in [0, 0.1) is 0 Å². The van der Waals surface area contributed by atoms with E-state index < -0.39 is 0 Å². The Bertz CT molecular complexity index is 475. The average Bonchev–Trinajstić information content (AvgIpc) is 3.01. The molecule has 2 N–H and O–H groups in total. The highest BCUT2D eigenvalue weighted by Gasteiger charge is 2.26. The Morgan fingerprint density at radius 3 is 2.38 bits per heavy atom. The molecule has 1 aromatic rings. The van der Waals surface area contributed by atoms with E-state index in [-0.39, 0.29) is 6.04 Å². The summed E-state index contributed by atoms with van der Waals surface area (Å²) in [5.74, 6) is 0. The Morgan fingerprint density at radius 1 is 1.14 bits per heavy atom. The maximum Gasteiger partial charge on any atom is 0.0642 e. The maximum atomic E-state index is 6.46. The van der Waals surface area contributed by atoms with Gasteiger partial charge >= 0.3 is 0 Å². The lowest BCUT2D eigenvalue weighted by Gasteiger charge is -2.39. The molecule has 0 aromatic heterocycles. The summed E-state index contributed by atoms with van der Waals surface area (Å²) in [5.41, 5.74) is 8.18. The van der Waals surface area contributed by atoms with Gasteiger partial charge in [-0.1, -0.05) is 30.5 Å². The van der Waals surface area contributed by atoms with Gasteiger partial charge in [-0.25, -0.2) is 0 Å². The van der Waals surface area contributed by atoms with Crippen molar-refractivity contribution in [3.8, 4) is 0 Å². The predicted molar refractivity (Wildman–Crippen MR) is 90.1 cm³/mol. The predicted octanol–water partition coefficient (Wildman–Crippen LogP) is 3.42. The Morgan fingerprint density at radius 2 is 1.81 bits per heavy atom. The van der Waals surface area contributed by atoms with Crippen LogP contribution in [0.4, 0.5) is 5.69 Å². The molecule has 21 heavy (non-hydrogen) atoms. The van der Waals surface area contributed by atoms with E-state index >= 15 is 0 Å². The molecular weight excluding hydrogens is 282 g/mol. The summed E-state index contributed by atoms with van der Waals surface area (Å²) in [6.07, 6.45) is 5.61. The fraction of sp³-hybridized carbons (Fsp3) is 0.647. The molecule has 2 aliphatic rings. The third kappa shape index (κ3) is 3.36. The Kier molecular flexibility index (Phi) is 4.72. The summed E-state index contributed by atoms with van der Waals surface area (Å²) in [5, 5.41) is 0.833. The summed E-state index contributed by atoms with van der Waals surface area (Å²) in [7, 11) is 0. The van der Waals surface area contributed by atoms with Crippen LogP contribution in [0.3, 0.4) is 0 Å². The molecule has 3 rings (SSSR count). The van der Waals surface area contributed by atoms with Gasteiger partial charge in [0.15, 0.2) is 0 Å². The minimum absolute atomic E-state index is 0.0377. The molecule has 1 aliphatic heterocycles. The standard InChI is InChI=1S/C17H26ClN3/c1-13(19)14-6-7-17(16(18)12-14)21-10-8-20(9-11-21)15-4-2-3-5-15/h6-7,12-13,15H,2-5,8-11,19H2,1H3. The highest BCUT2D eigenvalue weighted by atomic mass is 35.5. The third-order valence-corrected chi connectivity index (χ3v) is 5.30. The third-order valence-electron chi connectivity index (χ3n) is 4.99. The van der Waals surface area contributed by atoms with E-state index in [0.29, 0.717) is 0 Å². The molecule has 1 heterocycles. The van der Waals surface area contributed by atoms with Crippen molar-refractivity contribution in [1.82, 2.24) is 4.90 Å². The van der Waals surface area contributed by atoms with Gasteiger partial charge in [0.05, 0.1) is 10.7 Å². The summed E-state index contributed by atoms with van der Waals surface area (Å²) < 4.78 is 0. The second-order valence-corrected chi connectivity index (χ2v) is 6.87. The van der Waals surface area contributed by atoms with Gasteiger partial charge in [0.2, 0.25) is 0 Å². The van der Waals surface area contributed by atoms with Crippen molar-refractivity contribution in [1.29, 1.82) is 0 Å². The van der Waals surface area contributed by atoms with Crippen LogP contribution in [0.15, 0.2) is 18.2 Å². The minimum Gasteiger partial charge on any atom is -0.368 e. The molecule has 0 amide bonds. The minimum atomic E-state index is 0.0377. The molecule has 2 fully saturated rings. The molecule has 1 saturated heterocycles. The number of hydrogen-bond donors (Lipinski definition) is 1.